The maximum Gasteiger partial charge on any atom is 0.419 e. The molecule has 9 heteroatoms. The number of alkyl halides is 3. The molecule has 128 valence electrons. The lowest BCUT2D eigenvalue weighted by atomic mass is 10.1. The van der Waals surface area contributed by atoms with Crippen LogP contribution in [0, 0.1) is 6.92 Å². The molecule has 0 saturated heterocycles. The molecule has 2 aromatic heterocycles. The first-order chi connectivity index (χ1) is 11.3. The van der Waals surface area contributed by atoms with Crippen molar-refractivity contribution >= 4 is 30.0 Å². The van der Waals surface area contributed by atoms with Crippen LogP contribution >= 0.6 is 24.2 Å². The Morgan fingerprint density at radius 1 is 1.33 bits per heavy atom. The zero-order chi connectivity index (χ0) is 17.5. The smallest absolute Gasteiger partial charge is 0.354 e. The summed E-state index contributed by atoms with van der Waals surface area (Å²) in [5, 5.41) is -0.102. The maximum absolute atomic E-state index is 13.3. The number of hydrogen-bond acceptors (Lipinski definition) is 5. The van der Waals surface area contributed by atoms with Gasteiger partial charge in [0.2, 0.25) is 0 Å². The number of pyridine rings is 1. The van der Waals surface area contributed by atoms with Crippen molar-refractivity contribution in [2.75, 3.05) is 18.0 Å². The summed E-state index contributed by atoms with van der Waals surface area (Å²) in [6.45, 7) is 2.31. The second kappa shape index (κ2) is 6.40. The molecule has 1 unspecified atom stereocenters. The molecule has 3 heterocycles. The highest BCUT2D eigenvalue weighted by Gasteiger charge is 2.37. The van der Waals surface area contributed by atoms with Crippen molar-refractivity contribution in [3.05, 3.63) is 46.1 Å². The lowest BCUT2D eigenvalue weighted by Gasteiger charge is -2.26. The monoisotopic (exact) mass is 374 g/mol. The number of aryl methyl sites for hydroxylation is 1. The van der Waals surface area contributed by atoms with E-state index in [0.29, 0.717) is 29.5 Å². The molecular formula is C15H14ClF3N4S. The molecule has 0 spiro atoms. The van der Waals surface area contributed by atoms with Crippen LogP contribution in [-0.4, -0.2) is 28.0 Å². The average Bonchev–Trinajstić information content (AvgIpc) is 2.65. The number of aromatic nitrogens is 3. The van der Waals surface area contributed by atoms with E-state index in [-0.39, 0.29) is 12.4 Å². The number of nitrogens with zero attached hydrogens (tertiary/aromatic N) is 4. The molecule has 3 rings (SSSR count). The summed E-state index contributed by atoms with van der Waals surface area (Å²) in [7, 11) is 0. The standard InChI is InChI=1S/C15H14ClF3N4S/c1-8-21-10-4-6-23(7-11(24)12(10)13(16)22-8)14-9(15(17,18)19)3-2-5-20-14/h2-3,5,11,24H,4,6-7H2,1H3. The van der Waals surface area contributed by atoms with Gasteiger partial charge < -0.3 is 4.90 Å². The molecule has 0 fully saturated rings. The van der Waals surface area contributed by atoms with Crippen molar-refractivity contribution in [2.24, 2.45) is 0 Å². The van der Waals surface area contributed by atoms with Crippen LogP contribution in [0.4, 0.5) is 19.0 Å². The highest BCUT2D eigenvalue weighted by Crippen LogP contribution is 2.38. The fourth-order valence-electron chi connectivity index (χ4n) is 2.82. The van der Waals surface area contributed by atoms with E-state index in [1.165, 1.54) is 12.3 Å². The van der Waals surface area contributed by atoms with Crippen LogP contribution in [0.1, 0.15) is 27.9 Å². The van der Waals surface area contributed by atoms with Crippen LogP contribution in [0.5, 0.6) is 0 Å². The zero-order valence-electron chi connectivity index (χ0n) is 12.7. The molecule has 0 aliphatic carbocycles. The Morgan fingerprint density at radius 2 is 2.08 bits per heavy atom. The predicted octanol–water partition coefficient (Wildman–Crippen LogP) is 3.89. The van der Waals surface area contributed by atoms with Gasteiger partial charge in [0.25, 0.3) is 0 Å². The van der Waals surface area contributed by atoms with Gasteiger partial charge in [0.05, 0.1) is 11.3 Å². The van der Waals surface area contributed by atoms with Crippen LogP contribution in [0.15, 0.2) is 18.3 Å². The van der Waals surface area contributed by atoms with Crippen molar-refractivity contribution in [1.82, 2.24) is 15.0 Å². The molecule has 0 aromatic carbocycles. The van der Waals surface area contributed by atoms with Gasteiger partial charge in [0.1, 0.15) is 16.8 Å². The van der Waals surface area contributed by atoms with E-state index in [9.17, 15) is 13.2 Å². The van der Waals surface area contributed by atoms with Gasteiger partial charge in [-0.2, -0.15) is 25.8 Å². The van der Waals surface area contributed by atoms with E-state index in [1.54, 1.807) is 11.8 Å². The number of anilines is 1. The third kappa shape index (κ3) is 3.30. The maximum atomic E-state index is 13.3. The fraction of sp³-hybridized carbons (Fsp3) is 0.400. The summed E-state index contributed by atoms with van der Waals surface area (Å²) in [4.78, 5) is 14.0. The summed E-state index contributed by atoms with van der Waals surface area (Å²) in [5.41, 5.74) is 0.641. The molecule has 4 nitrogen and oxygen atoms in total. The molecule has 2 aromatic rings. The minimum absolute atomic E-state index is 0.0994. The molecular weight excluding hydrogens is 361 g/mol. The minimum Gasteiger partial charge on any atom is -0.354 e. The van der Waals surface area contributed by atoms with Crippen molar-refractivity contribution < 1.29 is 13.2 Å². The molecule has 0 amide bonds. The average molecular weight is 375 g/mol. The van der Waals surface area contributed by atoms with Gasteiger partial charge in [0, 0.05) is 36.5 Å². The molecule has 0 N–H and O–H groups in total. The summed E-state index contributed by atoms with van der Waals surface area (Å²) < 4.78 is 39.8. The zero-order valence-corrected chi connectivity index (χ0v) is 14.3. The van der Waals surface area contributed by atoms with Crippen LogP contribution in [0.3, 0.4) is 0 Å². The van der Waals surface area contributed by atoms with Gasteiger partial charge in [-0.05, 0) is 19.1 Å². The Morgan fingerprint density at radius 3 is 2.79 bits per heavy atom. The van der Waals surface area contributed by atoms with Gasteiger partial charge >= 0.3 is 6.18 Å². The Kier molecular flexibility index (Phi) is 4.61. The minimum atomic E-state index is -4.47. The molecule has 0 bridgehead atoms. The highest BCUT2D eigenvalue weighted by molar-refractivity contribution is 7.80. The van der Waals surface area contributed by atoms with Crippen LogP contribution in [0.2, 0.25) is 5.15 Å². The second-order valence-electron chi connectivity index (χ2n) is 5.51. The van der Waals surface area contributed by atoms with Crippen molar-refractivity contribution in [3.63, 3.8) is 0 Å². The number of hydrogen-bond donors (Lipinski definition) is 1. The lowest BCUT2D eigenvalue weighted by Crippen LogP contribution is -2.30. The quantitative estimate of drug-likeness (QED) is 0.607. The normalized spacial score (nSPS) is 18.2. The molecule has 1 aliphatic heterocycles. The van der Waals surface area contributed by atoms with E-state index in [1.807, 2.05) is 0 Å². The van der Waals surface area contributed by atoms with Gasteiger partial charge in [0.15, 0.2) is 0 Å². The Labute approximate surface area is 147 Å². The molecule has 24 heavy (non-hydrogen) atoms. The van der Waals surface area contributed by atoms with Gasteiger partial charge in [-0.25, -0.2) is 15.0 Å². The number of fused-ring (bicyclic) bond motifs is 1. The Hall–Kier alpha value is -1.54. The van der Waals surface area contributed by atoms with Gasteiger partial charge in [-0.3, -0.25) is 0 Å². The first-order valence-electron chi connectivity index (χ1n) is 7.25. The number of rotatable bonds is 1. The predicted molar refractivity (Wildman–Crippen MR) is 88.7 cm³/mol. The summed E-state index contributed by atoms with van der Waals surface area (Å²) in [6, 6.07) is 2.31. The number of halogens is 4. The largest absolute Gasteiger partial charge is 0.419 e. The van der Waals surface area contributed by atoms with E-state index >= 15 is 0 Å². The van der Waals surface area contributed by atoms with Crippen molar-refractivity contribution in [1.29, 1.82) is 0 Å². The molecule has 1 aliphatic rings. The summed E-state index contributed by atoms with van der Waals surface area (Å²) >= 11 is 10.7. The van der Waals surface area contributed by atoms with Gasteiger partial charge in [-0.15, -0.1) is 0 Å². The molecule has 1 atom stereocenters. The first-order valence-corrected chi connectivity index (χ1v) is 8.15. The van der Waals surface area contributed by atoms with Crippen molar-refractivity contribution in [2.45, 2.75) is 24.8 Å². The summed E-state index contributed by atoms with van der Waals surface area (Å²) in [5.74, 6) is 0.430. The second-order valence-corrected chi connectivity index (χ2v) is 6.49. The molecule has 0 radical (unpaired) electrons. The number of thiol groups is 1. The van der Waals surface area contributed by atoms with E-state index in [0.717, 1.165) is 11.8 Å². The summed E-state index contributed by atoms with van der Waals surface area (Å²) in [6.07, 6.45) is -2.67. The third-order valence-electron chi connectivity index (χ3n) is 3.83. The highest BCUT2D eigenvalue weighted by atomic mass is 35.5. The SMILES string of the molecule is Cc1nc(Cl)c2c(n1)CCN(c1ncccc1C(F)(F)F)CC2S. The van der Waals surface area contributed by atoms with Gasteiger partial charge in [-0.1, -0.05) is 11.6 Å². The van der Waals surface area contributed by atoms with Crippen LogP contribution < -0.4 is 4.90 Å². The van der Waals surface area contributed by atoms with E-state index in [4.69, 9.17) is 11.6 Å². The first kappa shape index (κ1) is 17.3. The third-order valence-corrected chi connectivity index (χ3v) is 4.54. The lowest BCUT2D eigenvalue weighted by molar-refractivity contribution is -0.137. The van der Waals surface area contributed by atoms with Crippen LogP contribution in [-0.2, 0) is 12.6 Å². The Bertz CT molecular complexity index is 769. The topological polar surface area (TPSA) is 41.9 Å². The molecule has 0 saturated carbocycles. The van der Waals surface area contributed by atoms with E-state index in [2.05, 4.69) is 27.6 Å². The fourth-order valence-corrected chi connectivity index (χ4v) is 3.72. The Balaban J connectivity index is 1.99. The van der Waals surface area contributed by atoms with E-state index < -0.39 is 17.0 Å². The van der Waals surface area contributed by atoms with Crippen LogP contribution in [0.25, 0.3) is 0 Å². The van der Waals surface area contributed by atoms with Crippen molar-refractivity contribution in [3.8, 4) is 0 Å².